The van der Waals surface area contributed by atoms with Gasteiger partial charge in [0.1, 0.15) is 11.5 Å². The zero-order valence-electron chi connectivity index (χ0n) is 11.1. The Kier molecular flexibility index (Phi) is 5.44. The molecule has 2 aromatic rings. The second kappa shape index (κ2) is 7.31. The van der Waals surface area contributed by atoms with Gasteiger partial charge in [-0.15, -0.1) is 11.8 Å². The molecule has 0 saturated carbocycles. The van der Waals surface area contributed by atoms with Crippen LogP contribution in [0.5, 0.6) is 11.5 Å². The average molecular weight is 310 g/mol. The Morgan fingerprint density at radius 3 is 2.45 bits per heavy atom. The van der Waals surface area contributed by atoms with E-state index in [1.54, 1.807) is 24.9 Å². The number of nitrogen functional groups attached to an aromatic ring is 1. The second-order valence-corrected chi connectivity index (χ2v) is 5.63. The number of hydrogen-bond acceptors (Lipinski definition) is 4. The minimum absolute atomic E-state index is 0.610. The first kappa shape index (κ1) is 14.9. The topological polar surface area (TPSA) is 44.5 Å². The molecule has 0 bridgehead atoms. The fourth-order valence-electron chi connectivity index (χ4n) is 1.63. The third-order valence-corrected chi connectivity index (χ3v) is 3.93. The van der Waals surface area contributed by atoms with E-state index in [0.29, 0.717) is 17.3 Å². The SMILES string of the molecule is COc1ccc(OCCSc2ccc(Cl)cc2N)cc1. The predicted molar refractivity (Wildman–Crippen MR) is 85.1 cm³/mol. The van der Waals surface area contributed by atoms with Crippen LogP contribution in [-0.2, 0) is 0 Å². The van der Waals surface area contributed by atoms with E-state index in [4.69, 9.17) is 26.8 Å². The molecule has 0 radical (unpaired) electrons. The van der Waals surface area contributed by atoms with Gasteiger partial charge in [0, 0.05) is 21.4 Å². The van der Waals surface area contributed by atoms with Crippen molar-refractivity contribution in [2.75, 3.05) is 25.2 Å². The first-order chi connectivity index (χ1) is 9.69. The Labute approximate surface area is 128 Å². The number of ether oxygens (including phenoxy) is 2. The van der Waals surface area contributed by atoms with Crippen molar-refractivity contribution in [2.45, 2.75) is 4.90 Å². The zero-order chi connectivity index (χ0) is 14.4. The van der Waals surface area contributed by atoms with Crippen molar-refractivity contribution in [3.63, 3.8) is 0 Å². The molecular weight excluding hydrogens is 294 g/mol. The molecule has 0 saturated heterocycles. The lowest BCUT2D eigenvalue weighted by atomic mass is 10.3. The van der Waals surface area contributed by atoms with E-state index in [1.165, 1.54) is 0 Å². The second-order valence-electron chi connectivity index (χ2n) is 4.05. The van der Waals surface area contributed by atoms with E-state index in [0.717, 1.165) is 22.1 Å². The smallest absolute Gasteiger partial charge is 0.119 e. The van der Waals surface area contributed by atoms with Crippen molar-refractivity contribution in [1.82, 2.24) is 0 Å². The zero-order valence-corrected chi connectivity index (χ0v) is 12.7. The van der Waals surface area contributed by atoms with E-state index in [-0.39, 0.29) is 0 Å². The summed E-state index contributed by atoms with van der Waals surface area (Å²) in [5, 5.41) is 0.654. The fraction of sp³-hybridized carbons (Fsp3) is 0.200. The lowest BCUT2D eigenvalue weighted by Gasteiger charge is -2.08. The molecule has 0 aromatic heterocycles. The number of methoxy groups -OCH3 is 1. The molecule has 3 nitrogen and oxygen atoms in total. The average Bonchev–Trinajstić information content (AvgIpc) is 2.46. The molecule has 2 aromatic carbocycles. The summed E-state index contributed by atoms with van der Waals surface area (Å²) in [5.41, 5.74) is 6.59. The van der Waals surface area contributed by atoms with Crippen molar-refractivity contribution < 1.29 is 9.47 Å². The number of anilines is 1. The first-order valence-electron chi connectivity index (χ1n) is 6.14. The van der Waals surface area contributed by atoms with Gasteiger partial charge in [-0.25, -0.2) is 0 Å². The number of hydrogen-bond donors (Lipinski definition) is 1. The van der Waals surface area contributed by atoms with E-state index in [2.05, 4.69) is 0 Å². The highest BCUT2D eigenvalue weighted by atomic mass is 35.5. The van der Waals surface area contributed by atoms with Crippen molar-refractivity contribution >= 4 is 29.1 Å². The number of nitrogens with two attached hydrogens (primary N) is 1. The Morgan fingerprint density at radius 1 is 1.10 bits per heavy atom. The normalized spacial score (nSPS) is 10.3. The molecule has 0 aliphatic rings. The first-order valence-corrected chi connectivity index (χ1v) is 7.50. The molecule has 0 unspecified atom stereocenters. The van der Waals surface area contributed by atoms with E-state index < -0.39 is 0 Å². The molecule has 0 aliphatic carbocycles. The number of halogens is 1. The van der Waals surface area contributed by atoms with Crippen molar-refractivity contribution in [2.24, 2.45) is 0 Å². The van der Waals surface area contributed by atoms with Crippen molar-refractivity contribution in [3.05, 3.63) is 47.5 Å². The van der Waals surface area contributed by atoms with Gasteiger partial charge in [0.25, 0.3) is 0 Å². The maximum atomic E-state index is 5.89. The van der Waals surface area contributed by atoms with Gasteiger partial charge in [0.2, 0.25) is 0 Å². The summed E-state index contributed by atoms with van der Waals surface area (Å²) in [4.78, 5) is 1.02. The molecule has 0 heterocycles. The molecule has 0 atom stereocenters. The lowest BCUT2D eigenvalue weighted by Crippen LogP contribution is -2.00. The lowest BCUT2D eigenvalue weighted by molar-refractivity contribution is 0.342. The van der Waals surface area contributed by atoms with Crippen LogP contribution in [0.15, 0.2) is 47.4 Å². The van der Waals surface area contributed by atoms with Gasteiger partial charge >= 0.3 is 0 Å². The molecule has 0 amide bonds. The van der Waals surface area contributed by atoms with Crippen LogP contribution >= 0.6 is 23.4 Å². The van der Waals surface area contributed by atoms with Gasteiger partial charge < -0.3 is 15.2 Å². The number of rotatable bonds is 6. The Hall–Kier alpha value is -1.52. The van der Waals surface area contributed by atoms with Crippen LogP contribution in [0.3, 0.4) is 0 Å². The number of benzene rings is 2. The molecule has 0 spiro atoms. The highest BCUT2D eigenvalue weighted by molar-refractivity contribution is 7.99. The van der Waals surface area contributed by atoms with E-state index >= 15 is 0 Å². The minimum Gasteiger partial charge on any atom is -0.497 e. The Morgan fingerprint density at radius 2 is 1.80 bits per heavy atom. The van der Waals surface area contributed by atoms with Gasteiger partial charge in [-0.1, -0.05) is 11.6 Å². The monoisotopic (exact) mass is 309 g/mol. The van der Waals surface area contributed by atoms with Crippen LogP contribution in [0, 0.1) is 0 Å². The van der Waals surface area contributed by atoms with Gasteiger partial charge in [-0.3, -0.25) is 0 Å². The van der Waals surface area contributed by atoms with Crippen LogP contribution < -0.4 is 15.2 Å². The summed E-state index contributed by atoms with van der Waals surface area (Å²) < 4.78 is 10.7. The van der Waals surface area contributed by atoms with Crippen molar-refractivity contribution in [3.8, 4) is 11.5 Å². The highest BCUT2D eigenvalue weighted by Gasteiger charge is 2.01. The van der Waals surface area contributed by atoms with Gasteiger partial charge in [0.15, 0.2) is 0 Å². The van der Waals surface area contributed by atoms with Gasteiger partial charge in [-0.05, 0) is 42.5 Å². The summed E-state index contributed by atoms with van der Waals surface area (Å²) in [6, 6.07) is 13.0. The standard InChI is InChI=1S/C15H16ClNO2S/c1-18-12-3-5-13(6-4-12)19-8-9-20-15-7-2-11(16)10-14(15)17/h2-7,10H,8-9,17H2,1H3. The van der Waals surface area contributed by atoms with Crippen LogP contribution in [0.1, 0.15) is 0 Å². The summed E-state index contributed by atoms with van der Waals surface area (Å²) in [5.74, 6) is 2.47. The third-order valence-electron chi connectivity index (χ3n) is 2.64. The third kappa shape index (κ3) is 4.25. The fourth-order valence-corrected chi connectivity index (χ4v) is 2.59. The number of thioether (sulfide) groups is 1. The molecule has 5 heteroatoms. The molecule has 20 heavy (non-hydrogen) atoms. The van der Waals surface area contributed by atoms with Crippen LogP contribution in [0.4, 0.5) is 5.69 Å². The maximum absolute atomic E-state index is 5.89. The molecule has 0 fully saturated rings. The Bertz CT molecular complexity index is 560. The summed E-state index contributed by atoms with van der Waals surface area (Å²) >= 11 is 7.51. The summed E-state index contributed by atoms with van der Waals surface area (Å²) in [6.07, 6.45) is 0. The quantitative estimate of drug-likeness (QED) is 0.495. The van der Waals surface area contributed by atoms with Crippen LogP contribution in [0.2, 0.25) is 5.02 Å². The van der Waals surface area contributed by atoms with Crippen LogP contribution in [0.25, 0.3) is 0 Å². The van der Waals surface area contributed by atoms with Crippen LogP contribution in [-0.4, -0.2) is 19.5 Å². The minimum atomic E-state index is 0.610. The molecule has 2 N–H and O–H groups in total. The summed E-state index contributed by atoms with van der Waals surface area (Å²) in [6.45, 7) is 0.610. The van der Waals surface area contributed by atoms with E-state index in [1.807, 2.05) is 36.4 Å². The van der Waals surface area contributed by atoms with Crippen molar-refractivity contribution in [1.29, 1.82) is 0 Å². The molecule has 2 rings (SSSR count). The molecular formula is C15H16ClNO2S. The Balaban J connectivity index is 1.78. The van der Waals surface area contributed by atoms with Gasteiger partial charge in [0.05, 0.1) is 13.7 Å². The van der Waals surface area contributed by atoms with E-state index in [9.17, 15) is 0 Å². The highest BCUT2D eigenvalue weighted by Crippen LogP contribution is 2.27. The summed E-state index contributed by atoms with van der Waals surface area (Å²) in [7, 11) is 1.64. The molecule has 106 valence electrons. The largest absolute Gasteiger partial charge is 0.497 e. The molecule has 0 aliphatic heterocycles. The maximum Gasteiger partial charge on any atom is 0.119 e. The van der Waals surface area contributed by atoms with Gasteiger partial charge in [-0.2, -0.15) is 0 Å². The predicted octanol–water partition coefficient (Wildman–Crippen LogP) is 4.10.